The number of hydrogen-bond acceptors (Lipinski definition) is 2. The monoisotopic (exact) mass is 381 g/mol. The molecular weight excluding hydrogens is 348 g/mol. The van der Waals surface area contributed by atoms with Crippen molar-refractivity contribution < 1.29 is 14.0 Å². The number of hydrogen-bond donors (Lipinski definition) is 1. The summed E-state index contributed by atoms with van der Waals surface area (Å²) in [6.07, 6.45) is 10.8. The summed E-state index contributed by atoms with van der Waals surface area (Å²) in [6.45, 7) is 3.46. The van der Waals surface area contributed by atoms with E-state index in [-0.39, 0.29) is 11.3 Å². The smallest absolute Gasteiger partial charge is 0.248 e. The Morgan fingerprint density at radius 1 is 1.29 bits per heavy atom. The van der Waals surface area contributed by atoms with Gasteiger partial charge >= 0.3 is 0 Å². The fourth-order valence-electron chi connectivity index (χ4n) is 8.87. The summed E-state index contributed by atoms with van der Waals surface area (Å²) in [5.74, 6) is 0.470. The van der Waals surface area contributed by atoms with Crippen molar-refractivity contribution >= 4 is 5.91 Å². The summed E-state index contributed by atoms with van der Waals surface area (Å²) in [6, 6.07) is 7.14. The first-order valence-corrected chi connectivity index (χ1v) is 11.3. The maximum atomic E-state index is 11.9. The molecule has 1 aromatic rings. The van der Waals surface area contributed by atoms with E-state index in [4.69, 9.17) is 10.5 Å². The molecule has 5 aliphatic rings. The second-order valence-electron chi connectivity index (χ2n) is 10.9. The molecule has 6 rings (SSSR count). The fraction of sp³-hybridized carbons (Fsp3) is 0.708. The molecule has 2 bridgehead atoms. The van der Waals surface area contributed by atoms with Gasteiger partial charge in [-0.1, -0.05) is 18.9 Å². The summed E-state index contributed by atoms with van der Waals surface area (Å²) in [5, 5.41) is 0. The van der Waals surface area contributed by atoms with E-state index < -0.39 is 0 Å². The molecule has 2 saturated carbocycles. The van der Waals surface area contributed by atoms with E-state index in [9.17, 15) is 4.79 Å². The van der Waals surface area contributed by atoms with Crippen LogP contribution in [0.2, 0.25) is 0 Å². The molecule has 2 aliphatic heterocycles. The standard InChI is InChI=1S/C24H32N2O2/c1-26(13-18-5-4-10-28-18)15-23-12-17-8-7-16(22(25)27)11-20(17)24(14-23)9-3-2-6-19(24)21(23)26/h7-8,11,18-19,21H,2-6,9-10,12-15H2,1H3,(H-,25,27)/p+1/t18-,19?,21-,23?,24+,26?/m0/s1. The second-order valence-corrected chi connectivity index (χ2v) is 10.9. The van der Waals surface area contributed by atoms with E-state index in [0.717, 1.165) is 18.6 Å². The minimum Gasteiger partial charge on any atom is -0.372 e. The number of benzene rings is 1. The van der Waals surface area contributed by atoms with Gasteiger partial charge in [-0.2, -0.15) is 0 Å². The van der Waals surface area contributed by atoms with E-state index >= 15 is 0 Å². The van der Waals surface area contributed by atoms with Crippen LogP contribution in [0.25, 0.3) is 0 Å². The van der Waals surface area contributed by atoms with Crippen LogP contribution >= 0.6 is 0 Å². The molecule has 2 saturated heterocycles. The Morgan fingerprint density at radius 3 is 2.96 bits per heavy atom. The van der Waals surface area contributed by atoms with Crippen LogP contribution in [0.15, 0.2) is 18.2 Å². The third-order valence-corrected chi connectivity index (χ3v) is 9.24. The Morgan fingerprint density at radius 2 is 2.18 bits per heavy atom. The van der Waals surface area contributed by atoms with Crippen LogP contribution in [-0.2, 0) is 16.6 Å². The van der Waals surface area contributed by atoms with Crippen LogP contribution in [0, 0.1) is 11.3 Å². The molecule has 3 aliphatic carbocycles. The average Bonchev–Trinajstić information content (AvgIpc) is 3.21. The molecule has 6 atom stereocenters. The van der Waals surface area contributed by atoms with Gasteiger partial charge in [0.15, 0.2) is 0 Å². The molecule has 4 heteroatoms. The summed E-state index contributed by atoms with van der Waals surface area (Å²) < 4.78 is 7.27. The molecule has 3 unspecified atom stereocenters. The topological polar surface area (TPSA) is 52.3 Å². The van der Waals surface area contributed by atoms with E-state index in [1.807, 2.05) is 6.07 Å². The van der Waals surface area contributed by atoms with Gasteiger partial charge in [0.1, 0.15) is 18.7 Å². The Kier molecular flexibility index (Phi) is 3.50. The van der Waals surface area contributed by atoms with Crippen LogP contribution in [0.5, 0.6) is 0 Å². The zero-order valence-corrected chi connectivity index (χ0v) is 17.1. The maximum Gasteiger partial charge on any atom is 0.248 e. The molecule has 0 radical (unpaired) electrons. The van der Waals surface area contributed by atoms with Gasteiger partial charge in [-0.3, -0.25) is 4.79 Å². The molecular formula is C24H33N2O2+. The SMILES string of the molecule is C[N+]1(C[C@@H]2CCCO2)CC23Cc4ccc(C(N)=O)cc4[C@]4(CCCCC4[C@@H]21)C3. The second kappa shape index (κ2) is 5.60. The average molecular weight is 382 g/mol. The molecule has 1 aromatic carbocycles. The number of carbonyl (C=O) groups excluding carboxylic acids is 1. The van der Waals surface area contributed by atoms with Crippen LogP contribution < -0.4 is 5.73 Å². The Hall–Kier alpha value is -1.39. The van der Waals surface area contributed by atoms with Crippen molar-refractivity contribution in [2.45, 2.75) is 68.9 Å². The van der Waals surface area contributed by atoms with Gasteiger partial charge < -0.3 is 15.0 Å². The van der Waals surface area contributed by atoms with Crippen LogP contribution in [0.4, 0.5) is 0 Å². The van der Waals surface area contributed by atoms with Gasteiger partial charge in [-0.25, -0.2) is 0 Å². The number of nitrogens with zero attached hydrogens (tertiary/aromatic N) is 1. The number of likely N-dealkylation sites (tertiary alicyclic amines) is 1. The lowest BCUT2D eigenvalue weighted by Gasteiger charge is -2.61. The Balaban J connectivity index is 1.43. The number of rotatable bonds is 3. The number of carbonyl (C=O) groups is 1. The van der Waals surface area contributed by atoms with Crippen LogP contribution in [0.3, 0.4) is 0 Å². The number of quaternary nitrogens is 1. The molecule has 4 fully saturated rings. The maximum absolute atomic E-state index is 11.9. The highest BCUT2D eigenvalue weighted by Crippen LogP contribution is 2.71. The van der Waals surface area contributed by atoms with Crippen molar-refractivity contribution in [1.82, 2.24) is 0 Å². The molecule has 2 N–H and O–H groups in total. The van der Waals surface area contributed by atoms with E-state index in [1.165, 1.54) is 80.1 Å². The number of fused-ring (bicyclic) bond motifs is 2. The predicted molar refractivity (Wildman–Crippen MR) is 108 cm³/mol. The fourth-order valence-corrected chi connectivity index (χ4v) is 8.87. The van der Waals surface area contributed by atoms with E-state index in [2.05, 4.69) is 19.2 Å². The summed E-state index contributed by atoms with van der Waals surface area (Å²) in [4.78, 5) is 11.9. The van der Waals surface area contributed by atoms with Crippen molar-refractivity contribution in [2.75, 3.05) is 26.7 Å². The highest BCUT2D eigenvalue weighted by Gasteiger charge is 2.77. The molecule has 2 heterocycles. The first-order valence-electron chi connectivity index (χ1n) is 11.3. The van der Waals surface area contributed by atoms with Crippen molar-refractivity contribution in [2.24, 2.45) is 17.1 Å². The quantitative estimate of drug-likeness (QED) is 0.818. The van der Waals surface area contributed by atoms with E-state index in [0.29, 0.717) is 17.1 Å². The number of ether oxygens (including phenoxy) is 1. The van der Waals surface area contributed by atoms with Gasteiger partial charge in [0.05, 0.1) is 19.0 Å². The number of nitrogens with two attached hydrogens (primary N) is 1. The third-order valence-electron chi connectivity index (χ3n) is 9.24. The Labute approximate surface area is 168 Å². The molecule has 150 valence electrons. The molecule has 28 heavy (non-hydrogen) atoms. The van der Waals surface area contributed by atoms with E-state index in [1.54, 1.807) is 0 Å². The van der Waals surface area contributed by atoms with Crippen molar-refractivity contribution in [1.29, 1.82) is 0 Å². The first kappa shape index (κ1) is 17.5. The number of amides is 1. The van der Waals surface area contributed by atoms with Crippen molar-refractivity contribution in [3.63, 3.8) is 0 Å². The lowest BCUT2D eigenvalue weighted by molar-refractivity contribution is -0.997. The molecule has 1 amide bonds. The van der Waals surface area contributed by atoms with Gasteiger partial charge in [0, 0.05) is 23.5 Å². The van der Waals surface area contributed by atoms with Gasteiger partial charge in [0.25, 0.3) is 0 Å². The minimum absolute atomic E-state index is 0.285. The third kappa shape index (κ3) is 2.11. The number of primary amides is 1. The summed E-state index contributed by atoms with van der Waals surface area (Å²) in [7, 11) is 2.51. The molecule has 2 spiro atoms. The summed E-state index contributed by atoms with van der Waals surface area (Å²) >= 11 is 0. The largest absolute Gasteiger partial charge is 0.372 e. The highest BCUT2D eigenvalue weighted by atomic mass is 16.5. The van der Waals surface area contributed by atoms with Crippen molar-refractivity contribution in [3.05, 3.63) is 34.9 Å². The summed E-state index contributed by atoms with van der Waals surface area (Å²) in [5.41, 5.74) is 10.1. The van der Waals surface area contributed by atoms with Crippen LogP contribution in [-0.4, -0.2) is 49.3 Å². The normalized spacial score (nSPS) is 45.7. The first-order chi connectivity index (χ1) is 13.5. The van der Waals surface area contributed by atoms with Crippen LogP contribution in [0.1, 0.15) is 66.4 Å². The van der Waals surface area contributed by atoms with Gasteiger partial charge in [-0.15, -0.1) is 0 Å². The lowest BCUT2D eigenvalue weighted by Crippen LogP contribution is -2.76. The zero-order chi connectivity index (χ0) is 19.1. The Bertz CT molecular complexity index is 847. The van der Waals surface area contributed by atoms with Gasteiger partial charge in [-0.05, 0) is 61.8 Å². The van der Waals surface area contributed by atoms with Gasteiger partial charge in [0.2, 0.25) is 5.91 Å². The highest BCUT2D eigenvalue weighted by molar-refractivity contribution is 5.93. The molecule has 0 aromatic heterocycles. The van der Waals surface area contributed by atoms with Crippen molar-refractivity contribution in [3.8, 4) is 0 Å². The zero-order valence-electron chi connectivity index (χ0n) is 17.1. The molecule has 4 nitrogen and oxygen atoms in total. The minimum atomic E-state index is -0.285. The number of likely N-dealkylation sites (N-methyl/N-ethyl adjacent to an activating group) is 1. The lowest BCUT2D eigenvalue weighted by atomic mass is 9.59. The predicted octanol–water partition coefficient (Wildman–Crippen LogP) is 3.17.